The van der Waals surface area contributed by atoms with Crippen molar-refractivity contribution in [2.45, 2.75) is 32.9 Å². The first-order valence-electron chi connectivity index (χ1n) is 7.55. The Kier molecular flexibility index (Phi) is 5.73. The topological polar surface area (TPSA) is 87.4 Å². The summed E-state index contributed by atoms with van der Waals surface area (Å²) in [4.78, 5) is 9.87. The van der Waals surface area contributed by atoms with Gasteiger partial charge in [-0.25, -0.2) is 9.98 Å². The number of aryl methyl sites for hydroxylation is 2. The molecule has 0 aromatic carbocycles. The SMILES string of the molecule is CCNC(=NCc1cnc(C)s1)NCC(C)(O)c1cnn(C)c1. The van der Waals surface area contributed by atoms with Crippen molar-refractivity contribution in [1.29, 1.82) is 0 Å². The van der Waals surface area contributed by atoms with Crippen molar-refractivity contribution in [3.8, 4) is 0 Å². The number of thiazole rings is 1. The summed E-state index contributed by atoms with van der Waals surface area (Å²) < 4.78 is 1.68. The third-order valence-electron chi connectivity index (χ3n) is 3.33. The minimum Gasteiger partial charge on any atom is -0.383 e. The molecule has 2 heterocycles. The van der Waals surface area contributed by atoms with Crippen molar-refractivity contribution in [2.24, 2.45) is 12.0 Å². The van der Waals surface area contributed by atoms with Crippen molar-refractivity contribution >= 4 is 17.3 Å². The quantitative estimate of drug-likeness (QED) is 0.544. The number of guanidine groups is 1. The van der Waals surface area contributed by atoms with Gasteiger partial charge in [0, 0.05) is 36.4 Å². The van der Waals surface area contributed by atoms with Gasteiger partial charge in [-0.1, -0.05) is 0 Å². The Hall–Kier alpha value is -1.93. The van der Waals surface area contributed by atoms with Crippen molar-refractivity contribution in [3.05, 3.63) is 34.0 Å². The second kappa shape index (κ2) is 7.56. The second-order valence-electron chi connectivity index (χ2n) is 5.57. The molecule has 2 rings (SSSR count). The zero-order chi connectivity index (χ0) is 16.9. The molecule has 126 valence electrons. The van der Waals surface area contributed by atoms with E-state index in [1.165, 1.54) is 0 Å². The van der Waals surface area contributed by atoms with E-state index >= 15 is 0 Å². The summed E-state index contributed by atoms with van der Waals surface area (Å²) in [5, 5.41) is 22.1. The molecule has 0 bridgehead atoms. The van der Waals surface area contributed by atoms with Crippen LogP contribution >= 0.6 is 11.3 Å². The molecule has 2 aromatic heterocycles. The molecule has 0 aliphatic rings. The van der Waals surface area contributed by atoms with E-state index < -0.39 is 5.60 Å². The Bertz CT molecular complexity index is 660. The molecule has 23 heavy (non-hydrogen) atoms. The summed E-state index contributed by atoms with van der Waals surface area (Å²) >= 11 is 1.64. The normalized spacial score (nSPS) is 14.6. The molecule has 0 amide bonds. The Morgan fingerprint density at radius 1 is 1.43 bits per heavy atom. The molecule has 0 saturated carbocycles. The van der Waals surface area contributed by atoms with Crippen LogP contribution in [0, 0.1) is 6.92 Å². The molecule has 3 N–H and O–H groups in total. The molecule has 0 fully saturated rings. The van der Waals surface area contributed by atoms with Crippen LogP contribution in [-0.2, 0) is 19.2 Å². The van der Waals surface area contributed by atoms with Gasteiger partial charge < -0.3 is 15.7 Å². The number of rotatable bonds is 6. The maximum atomic E-state index is 10.6. The van der Waals surface area contributed by atoms with Crippen LogP contribution in [0.2, 0.25) is 0 Å². The van der Waals surface area contributed by atoms with Gasteiger partial charge in [-0.15, -0.1) is 11.3 Å². The number of nitrogens with one attached hydrogen (secondary N) is 2. The molecule has 0 aliphatic carbocycles. The molecule has 1 unspecified atom stereocenters. The van der Waals surface area contributed by atoms with Crippen LogP contribution in [0.3, 0.4) is 0 Å². The predicted molar refractivity (Wildman–Crippen MR) is 92.4 cm³/mol. The first-order chi connectivity index (χ1) is 10.9. The highest BCUT2D eigenvalue weighted by atomic mass is 32.1. The minimum absolute atomic E-state index is 0.340. The average molecular weight is 336 g/mol. The zero-order valence-corrected chi connectivity index (χ0v) is 14.8. The third-order valence-corrected chi connectivity index (χ3v) is 4.23. The lowest BCUT2D eigenvalue weighted by Gasteiger charge is -2.23. The van der Waals surface area contributed by atoms with E-state index in [0.717, 1.165) is 22.0 Å². The van der Waals surface area contributed by atoms with Crippen LogP contribution in [0.15, 0.2) is 23.6 Å². The summed E-state index contributed by atoms with van der Waals surface area (Å²) in [6.45, 7) is 7.40. The number of hydrogen-bond donors (Lipinski definition) is 3. The lowest BCUT2D eigenvalue weighted by molar-refractivity contribution is 0.0616. The fraction of sp³-hybridized carbons (Fsp3) is 0.533. The van der Waals surface area contributed by atoms with Gasteiger partial charge in [-0.3, -0.25) is 4.68 Å². The highest BCUT2D eigenvalue weighted by Gasteiger charge is 2.24. The molecular formula is C15H24N6OS. The lowest BCUT2D eigenvalue weighted by atomic mass is 10.00. The molecule has 0 aliphatic heterocycles. The van der Waals surface area contributed by atoms with Gasteiger partial charge in [0.15, 0.2) is 5.96 Å². The molecule has 2 aromatic rings. The summed E-state index contributed by atoms with van der Waals surface area (Å²) in [6.07, 6.45) is 5.33. The van der Waals surface area contributed by atoms with E-state index in [4.69, 9.17) is 0 Å². The third kappa shape index (κ3) is 5.04. The summed E-state index contributed by atoms with van der Waals surface area (Å²) in [5.41, 5.74) is -0.257. The van der Waals surface area contributed by atoms with E-state index in [9.17, 15) is 5.11 Å². The van der Waals surface area contributed by atoms with Gasteiger partial charge in [-0.2, -0.15) is 5.10 Å². The maximum absolute atomic E-state index is 10.6. The van der Waals surface area contributed by atoms with Crippen molar-refractivity contribution in [2.75, 3.05) is 13.1 Å². The first-order valence-corrected chi connectivity index (χ1v) is 8.37. The van der Waals surface area contributed by atoms with E-state index in [2.05, 4.69) is 25.7 Å². The van der Waals surface area contributed by atoms with Crippen molar-refractivity contribution in [1.82, 2.24) is 25.4 Å². The van der Waals surface area contributed by atoms with Gasteiger partial charge in [0.1, 0.15) is 5.60 Å². The fourth-order valence-electron chi connectivity index (χ4n) is 2.03. The highest BCUT2D eigenvalue weighted by molar-refractivity contribution is 7.11. The number of nitrogens with zero attached hydrogens (tertiary/aromatic N) is 4. The number of aromatic nitrogens is 3. The fourth-order valence-corrected chi connectivity index (χ4v) is 2.75. The van der Waals surface area contributed by atoms with E-state index in [-0.39, 0.29) is 0 Å². The van der Waals surface area contributed by atoms with Crippen molar-refractivity contribution < 1.29 is 5.11 Å². The van der Waals surface area contributed by atoms with Gasteiger partial charge in [-0.05, 0) is 20.8 Å². The largest absolute Gasteiger partial charge is 0.383 e. The number of hydrogen-bond acceptors (Lipinski definition) is 5. The molecular weight excluding hydrogens is 312 g/mol. The second-order valence-corrected chi connectivity index (χ2v) is 6.89. The van der Waals surface area contributed by atoms with Crippen LogP contribution in [0.25, 0.3) is 0 Å². The van der Waals surface area contributed by atoms with Crippen LogP contribution in [0.1, 0.15) is 29.3 Å². The summed E-state index contributed by atoms with van der Waals surface area (Å²) in [7, 11) is 1.83. The van der Waals surface area contributed by atoms with E-state index in [1.54, 1.807) is 29.1 Å². The predicted octanol–water partition coefficient (Wildman–Crippen LogP) is 1.15. The molecule has 0 radical (unpaired) electrons. The van der Waals surface area contributed by atoms with Gasteiger partial charge in [0.2, 0.25) is 0 Å². The molecule has 7 nitrogen and oxygen atoms in total. The van der Waals surface area contributed by atoms with Crippen LogP contribution < -0.4 is 10.6 Å². The Balaban J connectivity index is 1.98. The Morgan fingerprint density at radius 3 is 2.78 bits per heavy atom. The molecule has 1 atom stereocenters. The van der Waals surface area contributed by atoms with Crippen LogP contribution in [0.5, 0.6) is 0 Å². The average Bonchev–Trinajstić information content (AvgIpc) is 3.11. The number of aliphatic hydroxyl groups is 1. The Labute approximate surface area is 140 Å². The Morgan fingerprint density at radius 2 is 2.22 bits per heavy atom. The highest BCUT2D eigenvalue weighted by Crippen LogP contribution is 2.18. The monoisotopic (exact) mass is 336 g/mol. The van der Waals surface area contributed by atoms with Gasteiger partial charge in [0.25, 0.3) is 0 Å². The molecule has 0 saturated heterocycles. The summed E-state index contributed by atoms with van der Waals surface area (Å²) in [6, 6.07) is 0. The first kappa shape index (κ1) is 17.4. The number of aliphatic imine (C=N–C) groups is 1. The van der Waals surface area contributed by atoms with E-state index in [0.29, 0.717) is 19.0 Å². The molecule has 8 heteroatoms. The van der Waals surface area contributed by atoms with Gasteiger partial charge >= 0.3 is 0 Å². The zero-order valence-electron chi connectivity index (χ0n) is 14.0. The summed E-state index contributed by atoms with van der Waals surface area (Å²) in [5.74, 6) is 0.669. The maximum Gasteiger partial charge on any atom is 0.191 e. The molecule has 0 spiro atoms. The smallest absolute Gasteiger partial charge is 0.191 e. The van der Waals surface area contributed by atoms with Crippen LogP contribution in [-0.4, -0.2) is 38.9 Å². The van der Waals surface area contributed by atoms with E-state index in [1.807, 2.05) is 33.3 Å². The van der Waals surface area contributed by atoms with Crippen molar-refractivity contribution in [3.63, 3.8) is 0 Å². The van der Waals surface area contributed by atoms with Gasteiger partial charge in [0.05, 0.1) is 24.3 Å². The van der Waals surface area contributed by atoms with Crippen LogP contribution in [0.4, 0.5) is 0 Å². The standard InChI is InChI=1S/C15H24N6OS/c1-5-16-14(18-8-13-7-17-11(2)23-13)19-10-15(3,22)12-6-20-21(4)9-12/h6-7,9,22H,5,8,10H2,1-4H3,(H2,16,18,19). The lowest BCUT2D eigenvalue weighted by Crippen LogP contribution is -2.44. The minimum atomic E-state index is -1.02.